The average molecular weight is 374 g/mol. The minimum atomic E-state index is -0.266. The summed E-state index contributed by atoms with van der Waals surface area (Å²) in [6.45, 7) is 2.55. The zero-order chi connectivity index (χ0) is 17.6. The van der Waals surface area contributed by atoms with Gasteiger partial charge in [-0.2, -0.15) is 0 Å². The second kappa shape index (κ2) is 6.28. The average Bonchev–Trinajstić information content (AvgIpc) is 3.33. The van der Waals surface area contributed by atoms with Crippen molar-refractivity contribution in [2.24, 2.45) is 5.92 Å². The molecule has 4 rings (SSSR count). The third-order valence-corrected chi connectivity index (χ3v) is 5.66. The van der Waals surface area contributed by atoms with Crippen LogP contribution < -0.4 is 10.9 Å². The first-order chi connectivity index (χ1) is 12.0. The van der Waals surface area contributed by atoms with Crippen LogP contribution in [0, 0.1) is 12.8 Å². The molecule has 1 N–H and O–H groups in total. The van der Waals surface area contributed by atoms with Crippen LogP contribution in [0.15, 0.2) is 35.4 Å². The van der Waals surface area contributed by atoms with Crippen LogP contribution in [0.2, 0.25) is 5.02 Å². The van der Waals surface area contributed by atoms with Crippen molar-refractivity contribution in [3.63, 3.8) is 0 Å². The SMILES string of the molecule is Cc1sc2c(=O)n(CC3CC3)cnc2c1C(=O)Nc1ccc(Cl)cc1. The lowest BCUT2D eigenvalue weighted by Gasteiger charge is -2.06. The number of nitrogens with zero attached hydrogens (tertiary/aromatic N) is 2. The van der Waals surface area contributed by atoms with E-state index in [1.165, 1.54) is 24.2 Å². The lowest BCUT2D eigenvalue weighted by atomic mass is 10.2. The van der Waals surface area contributed by atoms with Crippen LogP contribution in [0.5, 0.6) is 0 Å². The largest absolute Gasteiger partial charge is 0.322 e. The highest BCUT2D eigenvalue weighted by Crippen LogP contribution is 2.31. The summed E-state index contributed by atoms with van der Waals surface area (Å²) >= 11 is 7.20. The van der Waals surface area contributed by atoms with E-state index in [4.69, 9.17) is 11.6 Å². The summed E-state index contributed by atoms with van der Waals surface area (Å²) in [5, 5.41) is 3.45. The number of nitrogens with one attached hydrogen (secondary N) is 1. The molecule has 0 unspecified atom stereocenters. The lowest BCUT2D eigenvalue weighted by molar-refractivity contribution is 0.102. The molecule has 1 aliphatic carbocycles. The number of hydrogen-bond donors (Lipinski definition) is 1. The molecule has 1 saturated carbocycles. The molecule has 7 heteroatoms. The van der Waals surface area contributed by atoms with Gasteiger partial charge in [0.15, 0.2) is 0 Å². The maximum atomic E-state index is 12.7. The fourth-order valence-electron chi connectivity index (χ4n) is 2.81. The van der Waals surface area contributed by atoms with Gasteiger partial charge < -0.3 is 5.32 Å². The summed E-state index contributed by atoms with van der Waals surface area (Å²) < 4.78 is 2.21. The van der Waals surface area contributed by atoms with Gasteiger partial charge in [0.05, 0.1) is 11.9 Å². The standard InChI is InChI=1S/C18H16ClN3O2S/c1-10-14(17(23)21-13-6-4-12(19)5-7-13)15-16(25-10)18(24)22(9-20-15)8-11-2-3-11/h4-7,9,11H,2-3,8H2,1H3,(H,21,23). The van der Waals surface area contributed by atoms with E-state index < -0.39 is 0 Å². The number of aromatic nitrogens is 2. The molecular formula is C18H16ClN3O2S. The zero-order valence-electron chi connectivity index (χ0n) is 13.6. The first-order valence-electron chi connectivity index (χ1n) is 8.08. The van der Waals surface area contributed by atoms with E-state index in [9.17, 15) is 9.59 Å². The second-order valence-electron chi connectivity index (χ2n) is 6.32. The molecule has 0 saturated heterocycles. The zero-order valence-corrected chi connectivity index (χ0v) is 15.2. The van der Waals surface area contributed by atoms with Crippen LogP contribution in [0.4, 0.5) is 5.69 Å². The Kier molecular flexibility index (Phi) is 4.09. The van der Waals surface area contributed by atoms with Gasteiger partial charge in [0.2, 0.25) is 0 Å². The highest BCUT2D eigenvalue weighted by Gasteiger charge is 2.24. The molecular weight excluding hydrogens is 358 g/mol. The number of amides is 1. The Morgan fingerprint density at radius 1 is 1.36 bits per heavy atom. The third kappa shape index (κ3) is 3.19. The molecule has 25 heavy (non-hydrogen) atoms. The number of aryl methyl sites for hydroxylation is 1. The van der Waals surface area contributed by atoms with Gasteiger partial charge >= 0.3 is 0 Å². The smallest absolute Gasteiger partial charge is 0.271 e. The van der Waals surface area contributed by atoms with E-state index in [2.05, 4.69) is 10.3 Å². The van der Waals surface area contributed by atoms with Crippen LogP contribution in [-0.2, 0) is 6.54 Å². The molecule has 1 aromatic carbocycles. The normalized spacial score (nSPS) is 14.0. The van der Waals surface area contributed by atoms with Gasteiger partial charge in [-0.3, -0.25) is 14.2 Å². The highest BCUT2D eigenvalue weighted by molar-refractivity contribution is 7.19. The molecule has 5 nitrogen and oxygen atoms in total. The fourth-order valence-corrected chi connectivity index (χ4v) is 3.99. The Morgan fingerprint density at radius 3 is 2.76 bits per heavy atom. The maximum absolute atomic E-state index is 12.7. The number of fused-ring (bicyclic) bond motifs is 1. The molecule has 2 aromatic heterocycles. The number of halogens is 1. The number of carbonyl (C=O) groups excluding carboxylic acids is 1. The number of hydrogen-bond acceptors (Lipinski definition) is 4. The molecule has 0 bridgehead atoms. The van der Waals surface area contributed by atoms with E-state index in [1.807, 2.05) is 6.92 Å². The van der Waals surface area contributed by atoms with Crippen LogP contribution >= 0.6 is 22.9 Å². The van der Waals surface area contributed by atoms with Gasteiger partial charge in [0.1, 0.15) is 10.2 Å². The highest BCUT2D eigenvalue weighted by atomic mass is 35.5. The van der Waals surface area contributed by atoms with Crippen molar-refractivity contribution < 1.29 is 4.79 Å². The van der Waals surface area contributed by atoms with Crippen LogP contribution in [0.25, 0.3) is 10.2 Å². The summed E-state index contributed by atoms with van der Waals surface area (Å²) in [4.78, 5) is 30.6. The van der Waals surface area contributed by atoms with Crippen molar-refractivity contribution in [3.8, 4) is 0 Å². The Balaban J connectivity index is 1.70. The molecule has 128 valence electrons. The predicted octanol–water partition coefficient (Wildman–Crippen LogP) is 4.08. The van der Waals surface area contributed by atoms with Crippen LogP contribution in [0.1, 0.15) is 28.1 Å². The lowest BCUT2D eigenvalue weighted by Crippen LogP contribution is -2.21. The summed E-state index contributed by atoms with van der Waals surface area (Å²) in [5.74, 6) is 0.323. The van der Waals surface area contributed by atoms with Gasteiger partial charge in [-0.05, 0) is 49.9 Å². The monoisotopic (exact) mass is 373 g/mol. The Bertz CT molecular complexity index is 1020. The predicted molar refractivity (Wildman–Crippen MR) is 101 cm³/mol. The van der Waals surface area contributed by atoms with Gasteiger partial charge in [-0.15, -0.1) is 11.3 Å². The minimum Gasteiger partial charge on any atom is -0.322 e. The van der Waals surface area contributed by atoms with Gasteiger partial charge in [-0.25, -0.2) is 4.98 Å². The van der Waals surface area contributed by atoms with Crippen molar-refractivity contribution in [2.45, 2.75) is 26.3 Å². The van der Waals surface area contributed by atoms with Crippen molar-refractivity contribution in [1.29, 1.82) is 0 Å². The molecule has 0 atom stereocenters. The van der Waals surface area contributed by atoms with E-state index in [0.29, 0.717) is 39.0 Å². The Labute approximate surface area is 153 Å². The number of rotatable bonds is 4. The molecule has 1 fully saturated rings. The molecule has 1 aliphatic rings. The quantitative estimate of drug-likeness (QED) is 0.749. The molecule has 1 amide bonds. The number of thiophene rings is 1. The number of anilines is 1. The number of benzene rings is 1. The van der Waals surface area contributed by atoms with E-state index in [-0.39, 0.29) is 11.5 Å². The molecule has 0 aliphatic heterocycles. The van der Waals surface area contributed by atoms with Crippen LogP contribution in [-0.4, -0.2) is 15.5 Å². The maximum Gasteiger partial charge on any atom is 0.271 e. The molecule has 0 spiro atoms. The van der Waals surface area contributed by atoms with E-state index in [0.717, 1.165) is 4.88 Å². The van der Waals surface area contributed by atoms with Crippen molar-refractivity contribution in [1.82, 2.24) is 9.55 Å². The molecule has 0 radical (unpaired) electrons. The van der Waals surface area contributed by atoms with Crippen molar-refractivity contribution in [2.75, 3.05) is 5.32 Å². The topological polar surface area (TPSA) is 64.0 Å². The van der Waals surface area contributed by atoms with E-state index >= 15 is 0 Å². The van der Waals surface area contributed by atoms with E-state index in [1.54, 1.807) is 35.2 Å². The summed E-state index contributed by atoms with van der Waals surface area (Å²) in [7, 11) is 0. The number of carbonyl (C=O) groups is 1. The summed E-state index contributed by atoms with van der Waals surface area (Å²) in [6, 6.07) is 6.90. The first kappa shape index (κ1) is 16.3. The summed E-state index contributed by atoms with van der Waals surface area (Å²) in [6.07, 6.45) is 3.90. The molecule has 3 aromatic rings. The van der Waals surface area contributed by atoms with Gasteiger partial charge in [0, 0.05) is 22.1 Å². The minimum absolute atomic E-state index is 0.0597. The second-order valence-corrected chi connectivity index (χ2v) is 7.98. The van der Waals surface area contributed by atoms with Crippen molar-refractivity contribution in [3.05, 3.63) is 56.4 Å². The first-order valence-corrected chi connectivity index (χ1v) is 9.28. The van der Waals surface area contributed by atoms with Gasteiger partial charge in [0.25, 0.3) is 11.5 Å². The fraction of sp³-hybridized carbons (Fsp3) is 0.278. The Morgan fingerprint density at radius 2 is 2.08 bits per heavy atom. The van der Waals surface area contributed by atoms with Crippen molar-refractivity contribution >= 4 is 44.7 Å². The summed E-state index contributed by atoms with van der Waals surface area (Å²) in [5.41, 5.74) is 1.53. The third-order valence-electron chi connectivity index (χ3n) is 4.32. The van der Waals surface area contributed by atoms with Gasteiger partial charge in [-0.1, -0.05) is 11.6 Å². The van der Waals surface area contributed by atoms with Crippen LogP contribution in [0.3, 0.4) is 0 Å². The molecule has 2 heterocycles. The Hall–Kier alpha value is -2.18.